The van der Waals surface area contributed by atoms with Gasteiger partial charge in [0.1, 0.15) is 11.2 Å². The van der Waals surface area contributed by atoms with E-state index in [0.29, 0.717) is 29.3 Å². The zero-order valence-corrected chi connectivity index (χ0v) is 32.3. The summed E-state index contributed by atoms with van der Waals surface area (Å²) in [6.45, 7) is 15.3. The topological polar surface area (TPSA) is 89.5 Å². The van der Waals surface area contributed by atoms with Crippen molar-refractivity contribution in [1.29, 1.82) is 0 Å². The van der Waals surface area contributed by atoms with Crippen molar-refractivity contribution in [3.8, 4) is 0 Å². The number of hydrogen-bond acceptors (Lipinski definition) is 8. The number of ether oxygens (including phenoxy) is 6. The van der Waals surface area contributed by atoms with Crippen molar-refractivity contribution in [2.45, 2.75) is 223 Å². The van der Waals surface area contributed by atoms with Crippen LogP contribution < -0.4 is 0 Å². The molecule has 7 atom stereocenters. The van der Waals surface area contributed by atoms with E-state index in [0.717, 1.165) is 96.3 Å². The zero-order chi connectivity index (χ0) is 36.2. The van der Waals surface area contributed by atoms with Crippen LogP contribution >= 0.6 is 0 Å². The Kier molecular flexibility index (Phi) is 13.1. The lowest BCUT2D eigenvalue weighted by atomic mass is 9.66. The van der Waals surface area contributed by atoms with E-state index in [9.17, 15) is 9.59 Å². The van der Waals surface area contributed by atoms with E-state index in [2.05, 4.69) is 20.1 Å². The highest BCUT2D eigenvalue weighted by atomic mass is 16.6. The maximum atomic E-state index is 13.1. The predicted octanol–water partition coefficient (Wildman–Crippen LogP) is 9.26. The van der Waals surface area contributed by atoms with E-state index in [1.165, 1.54) is 38.5 Å². The Balaban J connectivity index is 1.15. The van der Waals surface area contributed by atoms with Crippen molar-refractivity contribution in [1.82, 2.24) is 0 Å². The Morgan fingerprint density at radius 1 is 0.529 bits per heavy atom. The van der Waals surface area contributed by atoms with Gasteiger partial charge in [-0.25, -0.2) is 9.59 Å². The number of hydrogen-bond donors (Lipinski definition) is 0. The van der Waals surface area contributed by atoms with Crippen LogP contribution in [-0.2, 0) is 38.0 Å². The average Bonchev–Trinajstić information content (AvgIpc) is 3.90. The highest BCUT2D eigenvalue weighted by Crippen LogP contribution is 2.48. The Morgan fingerprint density at radius 2 is 0.980 bits per heavy atom. The van der Waals surface area contributed by atoms with Gasteiger partial charge >= 0.3 is 11.9 Å². The molecule has 6 saturated carbocycles. The van der Waals surface area contributed by atoms with Gasteiger partial charge in [-0.05, 0) is 123 Å². The monoisotopic (exact) mass is 712 g/mol. The number of esters is 2. The summed E-state index contributed by atoms with van der Waals surface area (Å²) in [5.41, 5.74) is -0.611. The molecular weight excluding hydrogens is 644 g/mol. The van der Waals surface area contributed by atoms with Crippen molar-refractivity contribution in [3.63, 3.8) is 0 Å². The van der Waals surface area contributed by atoms with Crippen LogP contribution in [0.5, 0.6) is 0 Å². The fourth-order valence-electron chi connectivity index (χ4n) is 10.3. The summed E-state index contributed by atoms with van der Waals surface area (Å²) in [6, 6.07) is 0. The molecule has 0 spiro atoms. The summed E-state index contributed by atoms with van der Waals surface area (Å²) in [5, 5.41) is 0. The van der Waals surface area contributed by atoms with Crippen LogP contribution in [-0.4, -0.2) is 72.0 Å². The molecule has 0 aliphatic heterocycles. The van der Waals surface area contributed by atoms with Crippen LogP contribution in [0.2, 0.25) is 0 Å². The van der Waals surface area contributed by atoms with E-state index < -0.39 is 11.2 Å². The van der Waals surface area contributed by atoms with Crippen LogP contribution in [0.1, 0.15) is 163 Å². The quantitative estimate of drug-likeness (QED) is 0.138. The molecule has 6 aliphatic rings. The second-order valence-corrected chi connectivity index (χ2v) is 17.8. The molecule has 0 heterocycles. The smallest absolute Gasteiger partial charge is 0.333 e. The summed E-state index contributed by atoms with van der Waals surface area (Å²) in [6.07, 6.45) is 22.5. The van der Waals surface area contributed by atoms with Gasteiger partial charge in [0.2, 0.25) is 0 Å². The number of carbonyl (C=O) groups is 2. The molecule has 7 unspecified atom stereocenters. The number of carbonyl (C=O) groups excluding carboxylic acids is 2. The minimum absolute atomic E-state index is 0.0789. The number of rotatable bonds is 13. The summed E-state index contributed by atoms with van der Waals surface area (Å²) in [5.74, 6) is 0.0188. The molecular formula is C43H68O8. The molecule has 6 fully saturated rings. The van der Waals surface area contributed by atoms with Gasteiger partial charge in [-0.2, -0.15) is 0 Å². The molecule has 51 heavy (non-hydrogen) atoms. The van der Waals surface area contributed by atoms with E-state index >= 15 is 0 Å². The van der Waals surface area contributed by atoms with Gasteiger partial charge in [0, 0.05) is 24.0 Å². The van der Waals surface area contributed by atoms with Crippen LogP contribution in [0.15, 0.2) is 24.3 Å². The van der Waals surface area contributed by atoms with Gasteiger partial charge in [0.15, 0.2) is 0 Å². The molecule has 8 heteroatoms. The molecule has 8 nitrogen and oxygen atoms in total. The summed E-state index contributed by atoms with van der Waals surface area (Å²) >= 11 is 0. The normalized spacial score (nSPS) is 38.5. The Labute approximate surface area is 308 Å². The minimum Gasteiger partial charge on any atom is -0.453 e. The van der Waals surface area contributed by atoms with Gasteiger partial charge in [0.25, 0.3) is 0 Å². The van der Waals surface area contributed by atoms with Crippen molar-refractivity contribution in [2.75, 3.05) is 0 Å². The second kappa shape index (κ2) is 17.2. The Hall–Kier alpha value is -1.74. The molecule has 0 amide bonds. The van der Waals surface area contributed by atoms with Gasteiger partial charge in [-0.15, -0.1) is 0 Å². The zero-order valence-electron chi connectivity index (χ0n) is 32.3. The summed E-state index contributed by atoms with van der Waals surface area (Å²) in [4.78, 5) is 25.9. The first-order valence-electron chi connectivity index (χ1n) is 20.8. The lowest BCUT2D eigenvalue weighted by Gasteiger charge is -2.51. The highest BCUT2D eigenvalue weighted by Gasteiger charge is 2.53. The SMILES string of the molecule is C=C(C)C(=O)OC1(C)CCC(OC2CCCC2)CC1OC1CCC(C2CC(C)(OC(=O)C(=C)C)C(OC3CCCC3)CC2OC2CCCC2)CC1. The molecule has 6 rings (SSSR count). The Bertz CT molecular complexity index is 1210. The average molecular weight is 713 g/mol. The fourth-order valence-corrected chi connectivity index (χ4v) is 10.3. The van der Waals surface area contributed by atoms with Gasteiger partial charge in [-0.1, -0.05) is 51.7 Å². The van der Waals surface area contributed by atoms with Crippen molar-refractivity contribution >= 4 is 11.9 Å². The Morgan fingerprint density at radius 3 is 1.51 bits per heavy atom. The lowest BCUT2D eigenvalue weighted by Crippen LogP contribution is -2.57. The lowest BCUT2D eigenvalue weighted by molar-refractivity contribution is -0.220. The third-order valence-electron chi connectivity index (χ3n) is 13.4. The molecule has 0 saturated heterocycles. The molecule has 0 N–H and O–H groups in total. The molecule has 0 bridgehead atoms. The van der Waals surface area contributed by atoms with Crippen LogP contribution in [0.3, 0.4) is 0 Å². The van der Waals surface area contributed by atoms with Crippen LogP contribution in [0.25, 0.3) is 0 Å². The predicted molar refractivity (Wildman–Crippen MR) is 197 cm³/mol. The molecule has 0 aromatic rings. The van der Waals surface area contributed by atoms with E-state index in [1.54, 1.807) is 13.8 Å². The van der Waals surface area contributed by atoms with Gasteiger partial charge in [-0.3, -0.25) is 0 Å². The maximum Gasteiger partial charge on any atom is 0.333 e. The molecule has 0 aromatic carbocycles. The first kappa shape index (κ1) is 39.0. The highest BCUT2D eigenvalue weighted by molar-refractivity contribution is 5.87. The maximum absolute atomic E-state index is 13.1. The standard InChI is InChI=1S/C43H68O8/c1-28(2)40(44)50-42(5)24-23-35(46-31-13-7-8-14-31)25-38(42)49-34-21-19-30(20-22-34)36-27-43(6,51-41(45)29(3)4)39(48-33-17-11-12-18-33)26-37(36)47-32-15-9-10-16-32/h30-39H,1,3,7-27H2,2,4-6H3. The van der Waals surface area contributed by atoms with E-state index in [1.807, 2.05) is 6.92 Å². The first-order valence-corrected chi connectivity index (χ1v) is 20.8. The summed E-state index contributed by atoms with van der Waals surface area (Å²) < 4.78 is 39.9. The van der Waals surface area contributed by atoms with Crippen molar-refractivity contribution < 1.29 is 38.0 Å². The summed E-state index contributed by atoms with van der Waals surface area (Å²) in [7, 11) is 0. The molecule has 0 aromatic heterocycles. The molecule has 6 aliphatic carbocycles. The van der Waals surface area contributed by atoms with E-state index in [4.69, 9.17) is 28.4 Å². The van der Waals surface area contributed by atoms with Gasteiger partial charge < -0.3 is 28.4 Å². The van der Waals surface area contributed by atoms with Crippen molar-refractivity contribution in [2.24, 2.45) is 11.8 Å². The molecule has 288 valence electrons. The second-order valence-electron chi connectivity index (χ2n) is 17.8. The van der Waals surface area contributed by atoms with Gasteiger partial charge in [0.05, 0.1) is 48.8 Å². The fraction of sp³-hybridized carbons (Fsp3) is 0.860. The molecule has 0 radical (unpaired) electrons. The van der Waals surface area contributed by atoms with Crippen molar-refractivity contribution in [3.05, 3.63) is 24.3 Å². The van der Waals surface area contributed by atoms with Crippen LogP contribution in [0, 0.1) is 11.8 Å². The third kappa shape index (κ3) is 9.88. The van der Waals surface area contributed by atoms with E-state index in [-0.39, 0.29) is 54.5 Å². The third-order valence-corrected chi connectivity index (χ3v) is 13.4. The largest absolute Gasteiger partial charge is 0.453 e. The first-order chi connectivity index (χ1) is 24.4. The minimum atomic E-state index is -0.739. The van der Waals surface area contributed by atoms with Crippen LogP contribution in [0.4, 0.5) is 0 Å².